The lowest BCUT2D eigenvalue weighted by molar-refractivity contribution is 1.01. The van der Waals surface area contributed by atoms with Gasteiger partial charge in [-0.1, -0.05) is 18.2 Å². The monoisotopic (exact) mass is 238 g/mol. The Morgan fingerprint density at radius 3 is 2.56 bits per heavy atom. The molecule has 0 radical (unpaired) electrons. The van der Waals surface area contributed by atoms with Crippen molar-refractivity contribution in [3.05, 3.63) is 54.5 Å². The average molecular weight is 238 g/mol. The van der Waals surface area contributed by atoms with Crippen LogP contribution in [0.25, 0.3) is 5.65 Å². The highest BCUT2D eigenvalue weighted by Gasteiger charge is 2.10. The van der Waals surface area contributed by atoms with E-state index in [1.807, 2.05) is 48.8 Å². The average Bonchev–Trinajstić information content (AvgIpc) is 2.81. The molecular formula is C14H14N4. The highest BCUT2D eigenvalue weighted by atomic mass is 15.3. The van der Waals surface area contributed by atoms with Gasteiger partial charge >= 0.3 is 0 Å². The largest absolute Gasteiger partial charge is 0.342 e. The molecular weight excluding hydrogens is 224 g/mol. The SMILES string of the molecule is Cc1nnc2c(N(C)c3ccccc3)cccn12. The molecule has 0 amide bonds. The summed E-state index contributed by atoms with van der Waals surface area (Å²) in [7, 11) is 2.04. The quantitative estimate of drug-likeness (QED) is 0.688. The number of para-hydroxylation sites is 1. The first-order valence-corrected chi connectivity index (χ1v) is 5.86. The zero-order valence-electron chi connectivity index (χ0n) is 10.4. The van der Waals surface area contributed by atoms with Crippen LogP contribution in [0.4, 0.5) is 11.4 Å². The minimum Gasteiger partial charge on any atom is -0.342 e. The van der Waals surface area contributed by atoms with Gasteiger partial charge in [-0.25, -0.2) is 0 Å². The number of fused-ring (bicyclic) bond motifs is 1. The zero-order valence-corrected chi connectivity index (χ0v) is 10.4. The van der Waals surface area contributed by atoms with Crippen LogP contribution in [0, 0.1) is 6.92 Å². The van der Waals surface area contributed by atoms with Crippen molar-refractivity contribution >= 4 is 17.0 Å². The summed E-state index contributed by atoms with van der Waals surface area (Å²) < 4.78 is 1.99. The minimum atomic E-state index is 0.876. The van der Waals surface area contributed by atoms with Gasteiger partial charge in [0.2, 0.25) is 0 Å². The fraction of sp³-hybridized carbons (Fsp3) is 0.143. The number of benzene rings is 1. The zero-order chi connectivity index (χ0) is 12.5. The van der Waals surface area contributed by atoms with Crippen LogP contribution in [-0.2, 0) is 0 Å². The van der Waals surface area contributed by atoms with E-state index >= 15 is 0 Å². The Labute approximate surface area is 106 Å². The highest BCUT2D eigenvalue weighted by molar-refractivity contribution is 5.75. The molecule has 18 heavy (non-hydrogen) atoms. The summed E-state index contributed by atoms with van der Waals surface area (Å²) in [5, 5.41) is 8.35. The Bertz CT molecular complexity index is 673. The summed E-state index contributed by atoms with van der Waals surface area (Å²) in [5.41, 5.74) is 3.05. The third kappa shape index (κ3) is 1.62. The molecule has 1 aromatic carbocycles. The molecule has 0 saturated heterocycles. The van der Waals surface area contributed by atoms with E-state index in [1.54, 1.807) is 0 Å². The first-order valence-electron chi connectivity index (χ1n) is 5.86. The van der Waals surface area contributed by atoms with E-state index < -0.39 is 0 Å². The Morgan fingerprint density at radius 1 is 1.00 bits per heavy atom. The lowest BCUT2D eigenvalue weighted by Crippen LogP contribution is -2.10. The number of aryl methyl sites for hydroxylation is 1. The summed E-state index contributed by atoms with van der Waals surface area (Å²) in [6, 6.07) is 14.3. The molecule has 0 bridgehead atoms. The molecule has 90 valence electrons. The molecule has 0 N–H and O–H groups in total. The van der Waals surface area contributed by atoms with Crippen LogP contribution in [0.5, 0.6) is 0 Å². The Kier molecular flexibility index (Phi) is 2.48. The van der Waals surface area contributed by atoms with Gasteiger partial charge in [0, 0.05) is 18.9 Å². The van der Waals surface area contributed by atoms with Gasteiger partial charge in [-0.2, -0.15) is 0 Å². The molecule has 3 aromatic rings. The first kappa shape index (κ1) is 10.8. The number of pyridine rings is 1. The fourth-order valence-corrected chi connectivity index (χ4v) is 2.07. The predicted octanol–water partition coefficient (Wildman–Crippen LogP) is 2.81. The molecule has 4 nitrogen and oxygen atoms in total. The lowest BCUT2D eigenvalue weighted by Gasteiger charge is -2.19. The van der Waals surface area contributed by atoms with Crippen LogP contribution in [0.2, 0.25) is 0 Å². The Hall–Kier alpha value is -2.36. The van der Waals surface area contributed by atoms with Crippen LogP contribution >= 0.6 is 0 Å². The number of anilines is 2. The standard InChI is InChI=1S/C14H14N4/c1-11-15-16-14-13(9-6-10-18(11)14)17(2)12-7-4-3-5-8-12/h3-10H,1-2H3. The van der Waals surface area contributed by atoms with Crippen LogP contribution in [0.1, 0.15) is 5.82 Å². The van der Waals surface area contributed by atoms with E-state index in [9.17, 15) is 0 Å². The third-order valence-electron chi connectivity index (χ3n) is 3.09. The number of hydrogen-bond acceptors (Lipinski definition) is 3. The maximum atomic E-state index is 4.24. The smallest absolute Gasteiger partial charge is 0.184 e. The van der Waals surface area contributed by atoms with Crippen molar-refractivity contribution in [2.45, 2.75) is 6.92 Å². The number of nitrogens with zero attached hydrogens (tertiary/aromatic N) is 4. The molecule has 0 fully saturated rings. The van der Waals surface area contributed by atoms with E-state index in [0.29, 0.717) is 0 Å². The summed E-state index contributed by atoms with van der Waals surface area (Å²) in [6.45, 7) is 1.95. The van der Waals surface area contributed by atoms with Crippen LogP contribution in [0.15, 0.2) is 48.7 Å². The fourth-order valence-electron chi connectivity index (χ4n) is 2.07. The molecule has 0 unspecified atom stereocenters. The van der Waals surface area contributed by atoms with Crippen molar-refractivity contribution in [2.24, 2.45) is 0 Å². The molecule has 0 aliphatic rings. The highest BCUT2D eigenvalue weighted by Crippen LogP contribution is 2.26. The summed E-state index contributed by atoms with van der Waals surface area (Å²) >= 11 is 0. The van der Waals surface area contributed by atoms with E-state index in [4.69, 9.17) is 0 Å². The van der Waals surface area contributed by atoms with Gasteiger partial charge in [-0.3, -0.25) is 4.40 Å². The number of hydrogen-bond donors (Lipinski definition) is 0. The van der Waals surface area contributed by atoms with Crippen molar-refractivity contribution in [1.82, 2.24) is 14.6 Å². The van der Waals surface area contributed by atoms with Gasteiger partial charge in [0.15, 0.2) is 5.65 Å². The van der Waals surface area contributed by atoms with Gasteiger partial charge in [0.25, 0.3) is 0 Å². The van der Waals surface area contributed by atoms with Crippen molar-refractivity contribution in [3.63, 3.8) is 0 Å². The molecule has 0 spiro atoms. The topological polar surface area (TPSA) is 33.4 Å². The molecule has 2 heterocycles. The van der Waals surface area contributed by atoms with Crippen molar-refractivity contribution in [2.75, 3.05) is 11.9 Å². The first-order chi connectivity index (χ1) is 8.77. The molecule has 0 aliphatic heterocycles. The van der Waals surface area contributed by atoms with Crippen molar-refractivity contribution in [3.8, 4) is 0 Å². The van der Waals surface area contributed by atoms with Gasteiger partial charge in [-0.15, -0.1) is 10.2 Å². The van der Waals surface area contributed by atoms with E-state index in [2.05, 4.69) is 33.3 Å². The number of rotatable bonds is 2. The normalized spacial score (nSPS) is 10.8. The molecule has 2 aromatic heterocycles. The second-order valence-corrected chi connectivity index (χ2v) is 4.23. The Balaban J connectivity index is 2.15. The number of aromatic nitrogens is 3. The molecule has 3 rings (SSSR count). The molecule has 0 aliphatic carbocycles. The third-order valence-corrected chi connectivity index (χ3v) is 3.09. The van der Waals surface area contributed by atoms with Crippen LogP contribution < -0.4 is 4.90 Å². The van der Waals surface area contributed by atoms with Gasteiger partial charge in [0.1, 0.15) is 5.82 Å². The predicted molar refractivity (Wildman–Crippen MR) is 72.2 cm³/mol. The van der Waals surface area contributed by atoms with Crippen LogP contribution in [0.3, 0.4) is 0 Å². The molecule has 4 heteroatoms. The second kappa shape index (κ2) is 4.14. The maximum Gasteiger partial charge on any atom is 0.184 e. The van der Waals surface area contributed by atoms with Gasteiger partial charge in [0.05, 0.1) is 5.69 Å². The van der Waals surface area contributed by atoms with Gasteiger partial charge in [-0.05, 0) is 31.2 Å². The lowest BCUT2D eigenvalue weighted by atomic mass is 10.2. The maximum absolute atomic E-state index is 4.24. The minimum absolute atomic E-state index is 0.876. The summed E-state index contributed by atoms with van der Waals surface area (Å²) in [5.74, 6) is 0.897. The van der Waals surface area contributed by atoms with Crippen LogP contribution in [-0.4, -0.2) is 21.6 Å². The van der Waals surface area contributed by atoms with Gasteiger partial charge < -0.3 is 4.90 Å². The van der Waals surface area contributed by atoms with E-state index in [0.717, 1.165) is 22.8 Å². The summed E-state index contributed by atoms with van der Waals surface area (Å²) in [4.78, 5) is 2.11. The van der Waals surface area contributed by atoms with E-state index in [1.165, 1.54) is 0 Å². The Morgan fingerprint density at radius 2 is 1.78 bits per heavy atom. The van der Waals surface area contributed by atoms with Crippen molar-refractivity contribution < 1.29 is 0 Å². The molecule has 0 atom stereocenters. The molecule has 0 saturated carbocycles. The summed E-state index contributed by atoms with van der Waals surface area (Å²) in [6.07, 6.45) is 1.98. The second-order valence-electron chi connectivity index (χ2n) is 4.23. The van der Waals surface area contributed by atoms with E-state index in [-0.39, 0.29) is 0 Å². The van der Waals surface area contributed by atoms with Crippen molar-refractivity contribution in [1.29, 1.82) is 0 Å².